The smallest absolute Gasteiger partial charge is 0.119 e. The molecule has 2 saturated carbocycles. The summed E-state index contributed by atoms with van der Waals surface area (Å²) in [6.07, 6.45) is 24.6. The van der Waals surface area contributed by atoms with Gasteiger partial charge in [0.1, 0.15) is 5.75 Å². The third kappa shape index (κ3) is 8.82. The molecule has 0 saturated heterocycles. The number of rotatable bonds is 13. The van der Waals surface area contributed by atoms with Crippen LogP contribution in [0.3, 0.4) is 0 Å². The molecule has 2 fully saturated rings. The lowest BCUT2D eigenvalue weighted by Crippen LogP contribution is -2.26. The van der Waals surface area contributed by atoms with Gasteiger partial charge in [-0.3, -0.25) is 0 Å². The van der Waals surface area contributed by atoms with Crippen molar-refractivity contribution < 1.29 is 4.74 Å². The van der Waals surface area contributed by atoms with Crippen LogP contribution < -0.4 is 4.74 Å². The molecule has 0 spiro atoms. The largest absolute Gasteiger partial charge is 0.494 e. The van der Waals surface area contributed by atoms with E-state index in [0.717, 1.165) is 42.4 Å². The highest BCUT2D eigenvalue weighted by Gasteiger charge is 2.30. The first-order valence-corrected chi connectivity index (χ1v) is 14.0. The fraction of sp³-hybridized carbons (Fsp3) is 0.800. The van der Waals surface area contributed by atoms with Crippen molar-refractivity contribution in [2.24, 2.45) is 23.7 Å². The van der Waals surface area contributed by atoms with Gasteiger partial charge in [0.05, 0.1) is 6.61 Å². The first-order valence-electron chi connectivity index (χ1n) is 14.0. The molecule has 1 nitrogen and oxygen atoms in total. The van der Waals surface area contributed by atoms with Gasteiger partial charge in [0, 0.05) is 0 Å². The molecule has 0 atom stereocenters. The minimum Gasteiger partial charge on any atom is -0.494 e. The normalized spacial score (nSPS) is 26.6. The predicted molar refractivity (Wildman–Crippen MR) is 135 cm³/mol. The Morgan fingerprint density at radius 3 is 1.81 bits per heavy atom. The van der Waals surface area contributed by atoms with E-state index in [2.05, 4.69) is 38.1 Å². The summed E-state index contributed by atoms with van der Waals surface area (Å²) in [5.74, 6) is 5.17. The first kappa shape index (κ1) is 24.7. The molecule has 0 N–H and O–H groups in total. The molecule has 176 valence electrons. The van der Waals surface area contributed by atoms with E-state index in [1.807, 2.05) is 0 Å². The zero-order valence-corrected chi connectivity index (χ0v) is 20.8. The van der Waals surface area contributed by atoms with Crippen LogP contribution in [0.15, 0.2) is 24.3 Å². The monoisotopic (exact) mass is 426 g/mol. The lowest BCUT2D eigenvalue weighted by Gasteiger charge is -2.38. The molecular weight excluding hydrogens is 376 g/mol. The van der Waals surface area contributed by atoms with Gasteiger partial charge in [-0.15, -0.1) is 0 Å². The molecule has 0 amide bonds. The average Bonchev–Trinajstić information content (AvgIpc) is 2.83. The third-order valence-corrected chi connectivity index (χ3v) is 8.40. The van der Waals surface area contributed by atoms with Crippen LogP contribution in [0.25, 0.3) is 0 Å². The van der Waals surface area contributed by atoms with Crippen LogP contribution in [0.2, 0.25) is 0 Å². The zero-order chi connectivity index (χ0) is 21.7. The summed E-state index contributed by atoms with van der Waals surface area (Å²) in [6, 6.07) is 8.87. The van der Waals surface area contributed by atoms with Gasteiger partial charge in [0.2, 0.25) is 0 Å². The van der Waals surface area contributed by atoms with E-state index in [1.165, 1.54) is 95.5 Å². The van der Waals surface area contributed by atoms with Crippen molar-refractivity contribution in [3.05, 3.63) is 29.8 Å². The molecule has 0 radical (unpaired) electrons. The van der Waals surface area contributed by atoms with Crippen molar-refractivity contribution in [2.75, 3.05) is 6.61 Å². The number of ether oxygens (including phenoxy) is 1. The van der Waals surface area contributed by atoms with Crippen molar-refractivity contribution in [1.82, 2.24) is 0 Å². The summed E-state index contributed by atoms with van der Waals surface area (Å²) in [4.78, 5) is 0. The van der Waals surface area contributed by atoms with Crippen molar-refractivity contribution >= 4 is 0 Å². The van der Waals surface area contributed by atoms with Gasteiger partial charge in [-0.05, 0) is 86.3 Å². The molecule has 2 aliphatic rings. The summed E-state index contributed by atoms with van der Waals surface area (Å²) in [7, 11) is 0. The standard InChI is InChI=1S/C30H50O/c1-3-5-6-7-8-9-25-12-18-28(19-13-25)29-20-14-26(15-21-29)10-11-27-16-22-30(23-17-27)31-24-4-2/h16-17,22-23,25-26,28-29H,3-15,18-21,24H2,1-2H3. The number of benzene rings is 1. The van der Waals surface area contributed by atoms with Gasteiger partial charge >= 0.3 is 0 Å². The number of hydrogen-bond acceptors (Lipinski definition) is 1. The van der Waals surface area contributed by atoms with Crippen LogP contribution in [-0.4, -0.2) is 6.61 Å². The number of hydrogen-bond donors (Lipinski definition) is 0. The highest BCUT2D eigenvalue weighted by Crippen LogP contribution is 2.43. The molecule has 31 heavy (non-hydrogen) atoms. The molecule has 2 aliphatic carbocycles. The van der Waals surface area contributed by atoms with E-state index in [9.17, 15) is 0 Å². The minimum absolute atomic E-state index is 0.823. The van der Waals surface area contributed by atoms with Crippen LogP contribution in [0.5, 0.6) is 5.75 Å². The van der Waals surface area contributed by atoms with Crippen molar-refractivity contribution in [3.8, 4) is 5.75 Å². The highest BCUT2D eigenvalue weighted by atomic mass is 16.5. The maximum absolute atomic E-state index is 5.71. The van der Waals surface area contributed by atoms with E-state index in [4.69, 9.17) is 4.74 Å². The Hall–Kier alpha value is -0.980. The lowest BCUT2D eigenvalue weighted by atomic mass is 9.68. The topological polar surface area (TPSA) is 9.23 Å². The maximum atomic E-state index is 5.71. The van der Waals surface area contributed by atoms with Crippen molar-refractivity contribution in [2.45, 2.75) is 123 Å². The molecule has 3 rings (SSSR count). The fourth-order valence-electron chi connectivity index (χ4n) is 6.28. The molecule has 1 aromatic carbocycles. The second-order valence-corrected chi connectivity index (χ2v) is 10.8. The van der Waals surface area contributed by atoms with E-state index < -0.39 is 0 Å². The van der Waals surface area contributed by atoms with Crippen LogP contribution in [0.4, 0.5) is 0 Å². The maximum Gasteiger partial charge on any atom is 0.119 e. The molecular formula is C30H50O. The van der Waals surface area contributed by atoms with Gasteiger partial charge in [-0.1, -0.05) is 90.2 Å². The Labute approximate surface area is 193 Å². The summed E-state index contributed by atoms with van der Waals surface area (Å²) in [5, 5.41) is 0. The Morgan fingerprint density at radius 1 is 0.645 bits per heavy atom. The fourth-order valence-corrected chi connectivity index (χ4v) is 6.28. The Morgan fingerprint density at radius 2 is 1.23 bits per heavy atom. The number of unbranched alkanes of at least 4 members (excludes halogenated alkanes) is 4. The van der Waals surface area contributed by atoms with Crippen molar-refractivity contribution in [1.29, 1.82) is 0 Å². The summed E-state index contributed by atoms with van der Waals surface area (Å²) < 4.78 is 5.71. The second-order valence-electron chi connectivity index (χ2n) is 10.8. The summed E-state index contributed by atoms with van der Waals surface area (Å²) in [5.41, 5.74) is 1.49. The van der Waals surface area contributed by atoms with Crippen LogP contribution >= 0.6 is 0 Å². The SMILES string of the molecule is CCCCCCCC1CCC(C2CCC(CCc3ccc(OCCC)cc3)CC2)CC1. The van der Waals surface area contributed by atoms with Crippen molar-refractivity contribution in [3.63, 3.8) is 0 Å². The molecule has 1 aromatic rings. The quantitative estimate of drug-likeness (QED) is 0.285. The summed E-state index contributed by atoms with van der Waals surface area (Å²) in [6.45, 7) is 5.30. The Bertz CT molecular complexity index is 561. The van der Waals surface area contributed by atoms with Gasteiger partial charge in [-0.25, -0.2) is 0 Å². The first-order chi connectivity index (χ1) is 15.3. The Balaban J connectivity index is 1.27. The van der Waals surface area contributed by atoms with Gasteiger partial charge in [0.15, 0.2) is 0 Å². The molecule has 0 unspecified atom stereocenters. The van der Waals surface area contributed by atoms with Gasteiger partial charge in [-0.2, -0.15) is 0 Å². The second kappa shape index (κ2) is 14.2. The average molecular weight is 427 g/mol. The molecule has 0 aromatic heterocycles. The molecule has 0 bridgehead atoms. The summed E-state index contributed by atoms with van der Waals surface area (Å²) >= 11 is 0. The van der Waals surface area contributed by atoms with E-state index in [1.54, 1.807) is 12.8 Å². The minimum atomic E-state index is 0.823. The third-order valence-electron chi connectivity index (χ3n) is 8.40. The molecule has 1 heteroatoms. The van der Waals surface area contributed by atoms with Crippen LogP contribution in [-0.2, 0) is 6.42 Å². The van der Waals surface area contributed by atoms with Crippen LogP contribution in [0.1, 0.15) is 122 Å². The van der Waals surface area contributed by atoms with Gasteiger partial charge in [0.25, 0.3) is 0 Å². The molecule has 0 aliphatic heterocycles. The lowest BCUT2D eigenvalue weighted by molar-refractivity contribution is 0.140. The zero-order valence-electron chi connectivity index (χ0n) is 20.8. The number of aryl methyl sites for hydroxylation is 1. The van der Waals surface area contributed by atoms with E-state index >= 15 is 0 Å². The predicted octanol–water partition coefficient (Wildman–Crippen LogP) is 9.38. The van der Waals surface area contributed by atoms with Crippen LogP contribution in [0, 0.1) is 23.7 Å². The highest BCUT2D eigenvalue weighted by molar-refractivity contribution is 5.27. The Kier molecular flexibility index (Phi) is 11.3. The van der Waals surface area contributed by atoms with E-state index in [0.29, 0.717) is 0 Å². The van der Waals surface area contributed by atoms with E-state index in [-0.39, 0.29) is 0 Å². The van der Waals surface area contributed by atoms with Gasteiger partial charge < -0.3 is 4.74 Å². The molecule has 0 heterocycles.